The van der Waals surface area contributed by atoms with Gasteiger partial charge in [-0.2, -0.15) is 20.4 Å². The Bertz CT molecular complexity index is 4370. The number of anilines is 4. The number of rotatable bonds is 8. The lowest BCUT2D eigenvalue weighted by Crippen LogP contribution is -2.18. The smallest absolute Gasteiger partial charge is 0.129 e. The van der Waals surface area contributed by atoms with E-state index >= 15 is 0 Å². The van der Waals surface area contributed by atoms with Crippen LogP contribution in [-0.2, 0) is 28.2 Å². The summed E-state index contributed by atoms with van der Waals surface area (Å²) in [6.45, 7) is 17.3. The highest BCUT2D eigenvalue weighted by atomic mass is 35.5. The molecular formula is C80H84Cl4N16S4. The molecule has 8 atom stereocenters. The first-order chi connectivity index (χ1) is 50.2. The van der Waals surface area contributed by atoms with Gasteiger partial charge < -0.3 is 21.3 Å². The molecule has 0 saturated carbocycles. The van der Waals surface area contributed by atoms with E-state index in [1.54, 1.807) is 0 Å². The summed E-state index contributed by atoms with van der Waals surface area (Å²) in [5.74, 6) is 8.35. The van der Waals surface area contributed by atoms with E-state index in [0.29, 0.717) is 24.2 Å². The van der Waals surface area contributed by atoms with Gasteiger partial charge >= 0.3 is 0 Å². The number of fused-ring (bicyclic) bond motifs is 4. The van der Waals surface area contributed by atoms with Crippen molar-refractivity contribution in [2.24, 2.45) is 28.2 Å². The fourth-order valence-corrected chi connectivity index (χ4v) is 20.2. The number of aromatic nitrogens is 12. The van der Waals surface area contributed by atoms with Gasteiger partial charge in [0.1, 0.15) is 46.0 Å². The molecule has 12 heterocycles. The minimum Gasteiger partial charge on any atom is -0.367 e. The van der Waals surface area contributed by atoms with Gasteiger partial charge in [-0.1, -0.05) is 94.9 Å². The molecule has 0 amide bonds. The number of nitrogens with zero attached hydrogens (tertiary/aromatic N) is 12. The molecule has 0 aliphatic carbocycles. The van der Waals surface area contributed by atoms with Gasteiger partial charge in [0.25, 0.3) is 0 Å². The number of aryl methyl sites for hydroxylation is 8. The zero-order valence-corrected chi connectivity index (χ0v) is 66.4. The molecule has 16 nitrogen and oxygen atoms in total. The Morgan fingerprint density at radius 3 is 0.712 bits per heavy atom. The number of nitrogens with one attached hydrogen (secondary N) is 4. The van der Waals surface area contributed by atoms with Crippen LogP contribution in [0.15, 0.2) is 170 Å². The Kier molecular flexibility index (Phi) is 23.5. The number of thioether (sulfide) groups is 4. The highest BCUT2D eigenvalue weighted by Crippen LogP contribution is 2.52. The summed E-state index contributed by atoms with van der Waals surface area (Å²) in [6.07, 6.45) is 7.27. The van der Waals surface area contributed by atoms with Gasteiger partial charge in [0.15, 0.2) is 0 Å². The Labute approximate surface area is 646 Å². The molecule has 0 saturated heterocycles. The van der Waals surface area contributed by atoms with Crippen LogP contribution in [0.2, 0.25) is 20.1 Å². The monoisotopic (exact) mass is 1540 g/mol. The van der Waals surface area contributed by atoms with Crippen LogP contribution in [0, 0.1) is 27.7 Å². The van der Waals surface area contributed by atoms with E-state index in [2.05, 4.69) is 121 Å². The van der Waals surface area contributed by atoms with Crippen LogP contribution in [0.3, 0.4) is 0 Å². The van der Waals surface area contributed by atoms with E-state index < -0.39 is 0 Å². The first-order valence-corrected chi connectivity index (χ1v) is 40.4. The Morgan fingerprint density at radius 1 is 0.317 bits per heavy atom. The van der Waals surface area contributed by atoms with E-state index in [1.807, 2.05) is 240 Å². The van der Waals surface area contributed by atoms with Crippen molar-refractivity contribution >= 4 is 117 Å². The molecule has 4 aromatic carbocycles. The second kappa shape index (κ2) is 32.8. The normalized spacial score (nSPS) is 19.5. The van der Waals surface area contributed by atoms with Gasteiger partial charge in [0, 0.05) is 143 Å². The lowest BCUT2D eigenvalue weighted by Gasteiger charge is -2.18. The van der Waals surface area contributed by atoms with Crippen LogP contribution in [0.4, 0.5) is 23.3 Å². The molecular weight excluding hydrogens is 1460 g/mol. The van der Waals surface area contributed by atoms with Crippen LogP contribution >= 0.6 is 93.5 Å². The van der Waals surface area contributed by atoms with E-state index in [1.165, 1.54) is 66.8 Å². The number of halogens is 4. The second-order valence-corrected chi connectivity index (χ2v) is 33.1. The number of pyridine rings is 4. The van der Waals surface area contributed by atoms with Gasteiger partial charge in [-0.25, -0.2) is 0 Å². The maximum absolute atomic E-state index is 6.20. The molecule has 104 heavy (non-hydrogen) atoms. The van der Waals surface area contributed by atoms with Crippen molar-refractivity contribution in [3.05, 3.63) is 257 Å². The summed E-state index contributed by atoms with van der Waals surface area (Å²) in [5.41, 5.74) is 22.1. The van der Waals surface area contributed by atoms with Crippen molar-refractivity contribution in [2.45, 2.75) is 101 Å². The lowest BCUT2D eigenvalue weighted by atomic mass is 9.98. The van der Waals surface area contributed by atoms with Gasteiger partial charge in [-0.15, -0.1) is 47.0 Å². The van der Waals surface area contributed by atoms with Crippen molar-refractivity contribution < 1.29 is 0 Å². The predicted molar refractivity (Wildman–Crippen MR) is 440 cm³/mol. The average molecular weight is 1540 g/mol. The minimum atomic E-state index is 0.186. The van der Waals surface area contributed by atoms with Crippen LogP contribution in [0.25, 0.3) is 45.6 Å². The van der Waals surface area contributed by atoms with Crippen LogP contribution < -0.4 is 21.3 Å². The molecule has 4 aliphatic heterocycles. The molecule has 0 radical (unpaired) electrons. The second-order valence-electron chi connectivity index (χ2n) is 26.8. The third kappa shape index (κ3) is 16.2. The lowest BCUT2D eigenvalue weighted by molar-refractivity contribution is 0.757. The van der Waals surface area contributed by atoms with Gasteiger partial charge in [0.2, 0.25) is 0 Å². The zero-order chi connectivity index (χ0) is 73.0. The highest BCUT2D eigenvalue weighted by Gasteiger charge is 2.37. The fourth-order valence-electron chi connectivity index (χ4n) is 13.7. The summed E-state index contributed by atoms with van der Waals surface area (Å²) in [7, 11) is 7.97. The Morgan fingerprint density at radius 2 is 0.529 bits per heavy atom. The van der Waals surface area contributed by atoms with E-state index in [4.69, 9.17) is 66.8 Å². The van der Waals surface area contributed by atoms with Crippen molar-refractivity contribution in [3.8, 4) is 45.6 Å². The number of benzene rings is 4. The standard InChI is InChI=1S/4C20H21ClN4S/c4*1-12-10-14(21)7-8-15(12)19-17-18(16-6-4-5-9-22-16)24-25(3)20(17)23-13(2)11-26-19/h4*4-10,13,19,23H,11H2,1-3H3/t2*13-,19+;2*13-,19-/m1010/s1. The van der Waals surface area contributed by atoms with Crippen molar-refractivity contribution in [1.29, 1.82) is 0 Å². The quantitative estimate of drug-likeness (QED) is 0.113. The molecule has 0 spiro atoms. The largest absolute Gasteiger partial charge is 0.367 e. The topological polar surface area (TPSA) is 171 Å². The average Bonchev–Trinajstić information content (AvgIpc) is 1.63. The summed E-state index contributed by atoms with van der Waals surface area (Å²) >= 11 is 32.6. The van der Waals surface area contributed by atoms with Crippen LogP contribution in [0.1, 0.15) is 115 Å². The van der Waals surface area contributed by atoms with Crippen LogP contribution in [-0.4, -0.2) is 106 Å². The molecule has 12 aromatic rings. The number of hydrogen-bond donors (Lipinski definition) is 4. The molecule has 0 unspecified atom stereocenters. The van der Waals surface area contributed by atoms with E-state index in [0.717, 1.165) is 112 Å². The zero-order valence-electron chi connectivity index (χ0n) is 60.1. The summed E-state index contributed by atoms with van der Waals surface area (Å²) < 4.78 is 7.78. The van der Waals surface area contributed by atoms with Crippen molar-refractivity contribution in [3.63, 3.8) is 0 Å². The summed E-state index contributed by atoms with van der Waals surface area (Å²) in [4.78, 5) is 18.2. The first kappa shape index (κ1) is 74.4. The fraction of sp³-hybridized carbons (Fsp3) is 0.300. The molecule has 8 aromatic heterocycles. The molecule has 16 rings (SSSR count). The molecule has 24 heteroatoms. The third-order valence-corrected chi connectivity index (χ3v) is 25.7. The predicted octanol–water partition coefficient (Wildman–Crippen LogP) is 20.3. The maximum atomic E-state index is 6.20. The molecule has 0 fully saturated rings. The van der Waals surface area contributed by atoms with Crippen molar-refractivity contribution in [1.82, 2.24) is 59.1 Å². The van der Waals surface area contributed by atoms with Gasteiger partial charge in [0.05, 0.1) is 43.8 Å². The molecule has 0 bridgehead atoms. The maximum Gasteiger partial charge on any atom is 0.129 e. The van der Waals surface area contributed by atoms with Gasteiger partial charge in [-0.3, -0.25) is 38.7 Å². The van der Waals surface area contributed by atoms with Gasteiger partial charge in [-0.05, 0) is 197 Å². The molecule has 536 valence electrons. The minimum absolute atomic E-state index is 0.186. The van der Waals surface area contributed by atoms with E-state index in [9.17, 15) is 0 Å². The summed E-state index contributed by atoms with van der Waals surface area (Å²) in [5, 5.41) is 37.6. The number of hydrogen-bond acceptors (Lipinski definition) is 16. The summed E-state index contributed by atoms with van der Waals surface area (Å²) in [6, 6.07) is 49.9. The third-order valence-electron chi connectivity index (χ3n) is 18.7. The molecule has 4 N–H and O–H groups in total. The van der Waals surface area contributed by atoms with Crippen molar-refractivity contribution in [2.75, 3.05) is 44.3 Å². The SMILES string of the molecule is Cc1cc(Cl)ccc1[C@@H]1SC[C@@H](C)Nc2c1c(-c1ccccn1)nn2C.Cc1cc(Cl)ccc1[C@@H]1SC[C@H](C)Nc2c1c(-c1ccccn1)nn2C.Cc1cc(Cl)ccc1[C@H]1SC[C@@H](C)Nc2c1c(-c1ccccn1)nn2C.Cc1cc(Cl)ccc1[C@H]1SC[C@H](C)Nc2c1c(-c1ccccn1)nn2C. The first-order valence-electron chi connectivity index (χ1n) is 34.7. The Balaban J connectivity index is 0.000000123. The van der Waals surface area contributed by atoms with E-state index in [-0.39, 0.29) is 21.0 Å². The highest BCUT2D eigenvalue weighted by molar-refractivity contribution is 8.00. The van der Waals surface area contributed by atoms with Crippen LogP contribution in [0.5, 0.6) is 0 Å². The Hall–Kier alpha value is -7.92. The molecule has 4 aliphatic rings.